The maximum atomic E-state index is 10.9. The van der Waals surface area contributed by atoms with Gasteiger partial charge in [0, 0.05) is 13.0 Å². The number of amides is 1. The Bertz CT molecular complexity index is 113. The number of nitrogens with one attached hydrogen (secondary N) is 1. The largest absolute Gasteiger partial charge is 0.395 e. The molecule has 0 saturated heterocycles. The number of aliphatic hydroxyl groups is 1. The highest BCUT2D eigenvalue weighted by Crippen LogP contribution is 2.02. The van der Waals surface area contributed by atoms with Gasteiger partial charge in [-0.3, -0.25) is 4.79 Å². The third-order valence-corrected chi connectivity index (χ3v) is 1.38. The molecule has 0 aromatic heterocycles. The van der Waals surface area contributed by atoms with Crippen LogP contribution in [0.2, 0.25) is 0 Å². The molecule has 2 N–H and O–H groups in total. The Labute approximate surface area is 67.8 Å². The number of hydrogen-bond donors (Lipinski definition) is 2. The molecule has 0 heterocycles. The summed E-state index contributed by atoms with van der Waals surface area (Å²) in [6.45, 7) is 4.56. The summed E-state index contributed by atoms with van der Waals surface area (Å²) < 4.78 is 0. The quantitative estimate of drug-likeness (QED) is 0.614. The van der Waals surface area contributed by atoms with Crippen LogP contribution in [0.1, 0.15) is 26.7 Å². The molecule has 0 aromatic carbocycles. The van der Waals surface area contributed by atoms with Crippen LogP contribution in [-0.2, 0) is 4.79 Å². The van der Waals surface area contributed by atoms with Crippen LogP contribution in [0.25, 0.3) is 0 Å². The fourth-order valence-corrected chi connectivity index (χ4v) is 0.703. The summed E-state index contributed by atoms with van der Waals surface area (Å²) in [6, 6.07) is 0. The van der Waals surface area contributed by atoms with Crippen molar-refractivity contribution in [1.29, 1.82) is 0 Å². The van der Waals surface area contributed by atoms with Crippen LogP contribution in [0.3, 0.4) is 0 Å². The van der Waals surface area contributed by atoms with Gasteiger partial charge in [-0.05, 0) is 12.3 Å². The molecule has 0 bridgehead atoms. The zero-order chi connectivity index (χ0) is 8.69. The molecule has 0 unspecified atom stereocenters. The Balaban J connectivity index is 3.23. The smallest absolute Gasteiger partial charge is 0.220 e. The van der Waals surface area contributed by atoms with Crippen LogP contribution < -0.4 is 5.32 Å². The summed E-state index contributed by atoms with van der Waals surface area (Å²) in [6.07, 6.45) is 1.48. The standard InChI is InChI=1S/C8H17NO2/c1-7(2)3-4-8(11)9-5-6-10/h7,10H,3-6H2,1-2H3,(H,9,11). The number of aliphatic hydroxyl groups excluding tert-OH is 1. The Morgan fingerprint density at radius 1 is 1.55 bits per heavy atom. The van der Waals surface area contributed by atoms with Crippen LogP contribution in [0.4, 0.5) is 0 Å². The van der Waals surface area contributed by atoms with Gasteiger partial charge in [0.15, 0.2) is 0 Å². The molecule has 0 aliphatic rings. The Morgan fingerprint density at radius 3 is 2.64 bits per heavy atom. The fraction of sp³-hybridized carbons (Fsp3) is 0.875. The minimum atomic E-state index is 0.0212. The van der Waals surface area contributed by atoms with Crippen molar-refractivity contribution in [2.75, 3.05) is 13.2 Å². The van der Waals surface area contributed by atoms with Crippen LogP contribution in [0, 0.1) is 5.92 Å². The van der Waals surface area contributed by atoms with E-state index in [4.69, 9.17) is 5.11 Å². The van der Waals surface area contributed by atoms with E-state index in [1.807, 2.05) is 0 Å². The Hall–Kier alpha value is -0.570. The van der Waals surface area contributed by atoms with E-state index in [0.717, 1.165) is 6.42 Å². The summed E-state index contributed by atoms with van der Waals surface area (Å²) in [5, 5.41) is 11.0. The van der Waals surface area contributed by atoms with E-state index in [2.05, 4.69) is 19.2 Å². The van der Waals surface area contributed by atoms with Crippen LogP contribution in [-0.4, -0.2) is 24.2 Å². The third-order valence-electron chi connectivity index (χ3n) is 1.38. The topological polar surface area (TPSA) is 49.3 Å². The average molecular weight is 159 g/mol. The van der Waals surface area contributed by atoms with E-state index in [1.54, 1.807) is 0 Å². The third kappa shape index (κ3) is 7.33. The molecule has 66 valence electrons. The van der Waals surface area contributed by atoms with Crippen molar-refractivity contribution in [1.82, 2.24) is 5.32 Å². The summed E-state index contributed by atoms with van der Waals surface area (Å²) >= 11 is 0. The minimum Gasteiger partial charge on any atom is -0.395 e. The van der Waals surface area contributed by atoms with Crippen molar-refractivity contribution in [3.8, 4) is 0 Å². The highest BCUT2D eigenvalue weighted by Gasteiger charge is 2.01. The minimum absolute atomic E-state index is 0.0212. The SMILES string of the molecule is CC(C)CCC(=O)NCCO. The number of rotatable bonds is 5. The normalized spacial score (nSPS) is 10.2. The monoisotopic (exact) mass is 159 g/mol. The lowest BCUT2D eigenvalue weighted by Gasteiger charge is -2.04. The first-order valence-corrected chi connectivity index (χ1v) is 4.04. The molecule has 0 rings (SSSR count). The van der Waals surface area contributed by atoms with E-state index in [9.17, 15) is 4.79 Å². The molecule has 3 nitrogen and oxygen atoms in total. The average Bonchev–Trinajstić information content (AvgIpc) is 1.97. The molecule has 0 atom stereocenters. The van der Waals surface area contributed by atoms with Crippen LogP contribution >= 0.6 is 0 Å². The first kappa shape index (κ1) is 10.4. The highest BCUT2D eigenvalue weighted by atomic mass is 16.3. The van der Waals surface area contributed by atoms with Crippen LogP contribution in [0.5, 0.6) is 0 Å². The molecule has 11 heavy (non-hydrogen) atoms. The Morgan fingerprint density at radius 2 is 2.18 bits per heavy atom. The van der Waals surface area contributed by atoms with E-state index in [-0.39, 0.29) is 12.5 Å². The number of hydrogen-bond acceptors (Lipinski definition) is 2. The molecule has 0 aliphatic heterocycles. The fourth-order valence-electron chi connectivity index (χ4n) is 0.703. The van der Waals surface area contributed by atoms with Crippen molar-refractivity contribution in [2.45, 2.75) is 26.7 Å². The zero-order valence-corrected chi connectivity index (χ0v) is 7.26. The van der Waals surface area contributed by atoms with Gasteiger partial charge >= 0.3 is 0 Å². The number of carbonyl (C=O) groups is 1. The molecule has 3 heteroatoms. The first-order valence-electron chi connectivity index (χ1n) is 4.04. The second kappa shape index (κ2) is 6.16. The van der Waals surface area contributed by atoms with Crippen molar-refractivity contribution < 1.29 is 9.90 Å². The summed E-state index contributed by atoms with van der Waals surface area (Å²) in [5.74, 6) is 0.600. The van der Waals surface area contributed by atoms with Gasteiger partial charge < -0.3 is 10.4 Å². The summed E-state index contributed by atoms with van der Waals surface area (Å²) in [4.78, 5) is 10.9. The predicted octanol–water partition coefficient (Wildman–Crippen LogP) is 0.531. The van der Waals surface area contributed by atoms with Gasteiger partial charge in [-0.1, -0.05) is 13.8 Å². The molecular weight excluding hydrogens is 142 g/mol. The summed E-state index contributed by atoms with van der Waals surface area (Å²) in [7, 11) is 0. The van der Waals surface area contributed by atoms with E-state index >= 15 is 0 Å². The van der Waals surface area contributed by atoms with Crippen molar-refractivity contribution in [3.05, 3.63) is 0 Å². The van der Waals surface area contributed by atoms with E-state index < -0.39 is 0 Å². The number of carbonyl (C=O) groups excluding carboxylic acids is 1. The molecule has 1 amide bonds. The molecule has 0 fully saturated rings. The van der Waals surface area contributed by atoms with Gasteiger partial charge in [0.2, 0.25) is 5.91 Å². The summed E-state index contributed by atoms with van der Waals surface area (Å²) in [5.41, 5.74) is 0. The Kier molecular flexibility index (Phi) is 5.84. The zero-order valence-electron chi connectivity index (χ0n) is 7.26. The van der Waals surface area contributed by atoms with Gasteiger partial charge in [-0.15, -0.1) is 0 Å². The second-order valence-corrected chi connectivity index (χ2v) is 3.01. The lowest BCUT2D eigenvalue weighted by molar-refractivity contribution is -0.121. The van der Waals surface area contributed by atoms with Crippen LogP contribution in [0.15, 0.2) is 0 Å². The van der Waals surface area contributed by atoms with E-state index in [0.29, 0.717) is 18.9 Å². The van der Waals surface area contributed by atoms with Crippen molar-refractivity contribution in [2.24, 2.45) is 5.92 Å². The first-order chi connectivity index (χ1) is 5.16. The molecular formula is C8H17NO2. The van der Waals surface area contributed by atoms with Crippen molar-refractivity contribution >= 4 is 5.91 Å². The van der Waals surface area contributed by atoms with Gasteiger partial charge in [-0.2, -0.15) is 0 Å². The molecule has 0 spiro atoms. The molecule has 0 radical (unpaired) electrons. The van der Waals surface area contributed by atoms with Crippen molar-refractivity contribution in [3.63, 3.8) is 0 Å². The molecule has 0 saturated carbocycles. The van der Waals surface area contributed by atoms with Gasteiger partial charge in [0.1, 0.15) is 0 Å². The lowest BCUT2D eigenvalue weighted by atomic mass is 10.1. The second-order valence-electron chi connectivity index (χ2n) is 3.01. The van der Waals surface area contributed by atoms with Gasteiger partial charge in [-0.25, -0.2) is 0 Å². The van der Waals surface area contributed by atoms with Gasteiger partial charge in [0.25, 0.3) is 0 Å². The maximum Gasteiger partial charge on any atom is 0.220 e. The molecule has 0 aromatic rings. The highest BCUT2D eigenvalue weighted by molar-refractivity contribution is 5.75. The predicted molar refractivity (Wildman–Crippen MR) is 44.2 cm³/mol. The maximum absolute atomic E-state index is 10.9. The van der Waals surface area contributed by atoms with E-state index in [1.165, 1.54) is 0 Å². The van der Waals surface area contributed by atoms with Gasteiger partial charge in [0.05, 0.1) is 6.61 Å². The lowest BCUT2D eigenvalue weighted by Crippen LogP contribution is -2.26. The molecule has 0 aliphatic carbocycles.